The normalized spacial score (nSPS) is 11.0. The maximum Gasteiger partial charge on any atom is 0.161 e. The summed E-state index contributed by atoms with van der Waals surface area (Å²) in [4.78, 5) is 8.73. The number of aromatic nitrogens is 5. The van der Waals surface area contributed by atoms with Crippen molar-refractivity contribution in [1.82, 2.24) is 24.1 Å². The number of rotatable bonds is 5. The van der Waals surface area contributed by atoms with Crippen molar-refractivity contribution in [2.45, 2.75) is 6.54 Å². The summed E-state index contributed by atoms with van der Waals surface area (Å²) in [6.45, 7) is 0.629. The maximum absolute atomic E-state index is 5.40. The third-order valence-electron chi connectivity index (χ3n) is 4.07. The van der Waals surface area contributed by atoms with Gasteiger partial charge in [0.05, 0.1) is 26.5 Å². The molecular formula is C18H17N5O2. The van der Waals surface area contributed by atoms with Crippen LogP contribution in [0.2, 0.25) is 0 Å². The lowest BCUT2D eigenvalue weighted by molar-refractivity contribution is 0.355. The number of methoxy groups -OCH3 is 2. The quantitative estimate of drug-likeness (QED) is 0.561. The first-order valence-electron chi connectivity index (χ1n) is 7.81. The Balaban J connectivity index is 1.73. The highest BCUT2D eigenvalue weighted by atomic mass is 16.5. The van der Waals surface area contributed by atoms with Gasteiger partial charge in [-0.05, 0) is 30.3 Å². The van der Waals surface area contributed by atoms with Gasteiger partial charge in [0.25, 0.3) is 0 Å². The third kappa shape index (κ3) is 2.69. The molecule has 25 heavy (non-hydrogen) atoms. The summed E-state index contributed by atoms with van der Waals surface area (Å²) in [5, 5.41) is 4.29. The van der Waals surface area contributed by atoms with Crippen LogP contribution in [0.5, 0.6) is 11.5 Å². The van der Waals surface area contributed by atoms with Crippen molar-refractivity contribution in [2.75, 3.05) is 14.2 Å². The third-order valence-corrected chi connectivity index (χ3v) is 4.07. The molecule has 0 radical (unpaired) electrons. The number of imidazole rings is 1. The molecule has 0 bridgehead atoms. The molecule has 0 unspecified atom stereocenters. The van der Waals surface area contributed by atoms with Gasteiger partial charge in [-0.2, -0.15) is 5.10 Å². The van der Waals surface area contributed by atoms with Gasteiger partial charge in [-0.1, -0.05) is 6.07 Å². The highest BCUT2D eigenvalue weighted by molar-refractivity contribution is 5.61. The van der Waals surface area contributed by atoms with Crippen molar-refractivity contribution >= 4 is 5.65 Å². The molecule has 0 aliphatic carbocycles. The molecule has 7 nitrogen and oxygen atoms in total. The van der Waals surface area contributed by atoms with E-state index >= 15 is 0 Å². The van der Waals surface area contributed by atoms with Crippen LogP contribution in [0.1, 0.15) is 5.69 Å². The Morgan fingerprint density at radius 2 is 1.88 bits per heavy atom. The molecule has 0 N–H and O–H groups in total. The van der Waals surface area contributed by atoms with Crippen LogP contribution in [-0.4, -0.2) is 38.4 Å². The van der Waals surface area contributed by atoms with Crippen LogP contribution < -0.4 is 9.47 Å². The average Bonchev–Trinajstić information content (AvgIpc) is 3.31. The zero-order valence-corrected chi connectivity index (χ0v) is 14.0. The maximum atomic E-state index is 5.40. The van der Waals surface area contributed by atoms with E-state index in [0.717, 1.165) is 22.7 Å². The van der Waals surface area contributed by atoms with Crippen LogP contribution >= 0.6 is 0 Å². The number of pyridine rings is 1. The first kappa shape index (κ1) is 15.2. The second kappa shape index (κ2) is 6.27. The Labute approximate surface area is 144 Å². The SMILES string of the molecule is COc1ccc(-c2nccn2Cc2cccc3ncnn23)cc1OC. The van der Waals surface area contributed by atoms with E-state index in [-0.39, 0.29) is 0 Å². The minimum absolute atomic E-state index is 0.629. The van der Waals surface area contributed by atoms with E-state index in [4.69, 9.17) is 9.47 Å². The first-order valence-corrected chi connectivity index (χ1v) is 7.81. The van der Waals surface area contributed by atoms with E-state index in [1.165, 1.54) is 0 Å². The van der Waals surface area contributed by atoms with Crippen molar-refractivity contribution in [2.24, 2.45) is 0 Å². The fourth-order valence-electron chi connectivity index (χ4n) is 2.87. The molecule has 4 aromatic rings. The number of hydrogen-bond acceptors (Lipinski definition) is 5. The molecule has 0 fully saturated rings. The molecule has 0 atom stereocenters. The van der Waals surface area contributed by atoms with Crippen molar-refractivity contribution < 1.29 is 9.47 Å². The molecular weight excluding hydrogens is 318 g/mol. The van der Waals surface area contributed by atoms with Gasteiger partial charge in [0, 0.05) is 18.0 Å². The van der Waals surface area contributed by atoms with Crippen LogP contribution in [0.3, 0.4) is 0 Å². The Kier molecular flexibility index (Phi) is 3.81. The number of fused-ring (bicyclic) bond motifs is 1. The molecule has 0 aliphatic heterocycles. The number of ether oxygens (including phenoxy) is 2. The van der Waals surface area contributed by atoms with E-state index < -0.39 is 0 Å². The lowest BCUT2D eigenvalue weighted by Crippen LogP contribution is -2.06. The van der Waals surface area contributed by atoms with Gasteiger partial charge in [0.1, 0.15) is 12.2 Å². The predicted molar refractivity (Wildman–Crippen MR) is 92.9 cm³/mol. The van der Waals surface area contributed by atoms with Crippen LogP contribution in [0.25, 0.3) is 17.0 Å². The van der Waals surface area contributed by atoms with Crippen molar-refractivity contribution in [3.63, 3.8) is 0 Å². The van der Waals surface area contributed by atoms with Crippen LogP contribution in [0.4, 0.5) is 0 Å². The average molecular weight is 335 g/mol. The van der Waals surface area contributed by atoms with Gasteiger partial charge < -0.3 is 14.0 Å². The highest BCUT2D eigenvalue weighted by Crippen LogP contribution is 2.31. The summed E-state index contributed by atoms with van der Waals surface area (Å²) < 4.78 is 14.6. The summed E-state index contributed by atoms with van der Waals surface area (Å²) in [7, 11) is 3.25. The van der Waals surface area contributed by atoms with Gasteiger partial charge in [0.15, 0.2) is 17.1 Å². The lowest BCUT2D eigenvalue weighted by Gasteiger charge is -2.12. The Morgan fingerprint density at radius 3 is 2.72 bits per heavy atom. The number of nitrogens with zero attached hydrogens (tertiary/aromatic N) is 5. The van der Waals surface area contributed by atoms with Crippen molar-refractivity contribution in [3.8, 4) is 22.9 Å². The lowest BCUT2D eigenvalue weighted by atomic mass is 10.2. The molecule has 1 aromatic carbocycles. The molecule has 3 heterocycles. The Morgan fingerprint density at radius 1 is 1.00 bits per heavy atom. The van der Waals surface area contributed by atoms with E-state index in [1.54, 1.807) is 26.7 Å². The summed E-state index contributed by atoms with van der Waals surface area (Å²) >= 11 is 0. The van der Waals surface area contributed by atoms with Gasteiger partial charge in [-0.3, -0.25) is 0 Å². The predicted octanol–water partition coefficient (Wildman–Crippen LogP) is 2.66. The minimum Gasteiger partial charge on any atom is -0.493 e. The summed E-state index contributed by atoms with van der Waals surface area (Å²) in [5.41, 5.74) is 2.80. The molecule has 0 spiro atoms. The highest BCUT2D eigenvalue weighted by Gasteiger charge is 2.12. The number of benzene rings is 1. The molecule has 0 aliphatic rings. The van der Waals surface area contributed by atoms with Gasteiger partial charge in [-0.15, -0.1) is 0 Å². The van der Waals surface area contributed by atoms with Crippen LogP contribution in [0, 0.1) is 0 Å². The van der Waals surface area contributed by atoms with Crippen LogP contribution in [0.15, 0.2) is 55.1 Å². The molecule has 126 valence electrons. The monoisotopic (exact) mass is 335 g/mol. The van der Waals surface area contributed by atoms with E-state index in [2.05, 4.69) is 19.6 Å². The fourth-order valence-corrected chi connectivity index (χ4v) is 2.87. The Hall–Kier alpha value is -3.35. The van der Waals surface area contributed by atoms with Gasteiger partial charge in [-0.25, -0.2) is 14.5 Å². The molecule has 0 saturated carbocycles. The fraction of sp³-hybridized carbons (Fsp3) is 0.167. The van der Waals surface area contributed by atoms with Crippen molar-refractivity contribution in [3.05, 3.63) is 60.8 Å². The van der Waals surface area contributed by atoms with Gasteiger partial charge >= 0.3 is 0 Å². The molecule has 3 aromatic heterocycles. The number of hydrogen-bond donors (Lipinski definition) is 0. The zero-order valence-electron chi connectivity index (χ0n) is 14.0. The molecule has 4 rings (SSSR count). The second-order valence-corrected chi connectivity index (χ2v) is 5.50. The zero-order chi connectivity index (χ0) is 17.2. The molecule has 7 heteroatoms. The van der Waals surface area contributed by atoms with E-state index in [9.17, 15) is 0 Å². The summed E-state index contributed by atoms with van der Waals surface area (Å²) in [6, 6.07) is 11.7. The van der Waals surface area contributed by atoms with E-state index in [1.807, 2.05) is 47.1 Å². The molecule has 0 amide bonds. The second-order valence-electron chi connectivity index (χ2n) is 5.50. The summed E-state index contributed by atoms with van der Waals surface area (Å²) in [5.74, 6) is 2.21. The van der Waals surface area contributed by atoms with Crippen LogP contribution in [-0.2, 0) is 6.54 Å². The van der Waals surface area contributed by atoms with Gasteiger partial charge in [0.2, 0.25) is 0 Å². The largest absolute Gasteiger partial charge is 0.493 e. The minimum atomic E-state index is 0.629. The Bertz CT molecular complexity index is 1020. The van der Waals surface area contributed by atoms with Crippen molar-refractivity contribution in [1.29, 1.82) is 0 Å². The first-order chi connectivity index (χ1) is 12.3. The molecule has 0 saturated heterocycles. The summed E-state index contributed by atoms with van der Waals surface area (Å²) in [6.07, 6.45) is 5.29. The topological polar surface area (TPSA) is 66.5 Å². The van der Waals surface area contributed by atoms with E-state index in [0.29, 0.717) is 18.0 Å². The standard InChI is InChI=1S/C18H17N5O2/c1-24-15-7-6-13(10-16(15)25-2)18-19-8-9-22(18)11-14-4-3-5-17-20-12-21-23(14)17/h3-10,12H,11H2,1-2H3. The smallest absolute Gasteiger partial charge is 0.161 e.